The van der Waals surface area contributed by atoms with Crippen molar-refractivity contribution in [3.05, 3.63) is 48.5 Å². The molecular formula is C20H29N5O2S. The number of hydrogen-bond acceptors (Lipinski definition) is 6. The van der Waals surface area contributed by atoms with Crippen LogP contribution in [0, 0.1) is 0 Å². The number of nitrogens with two attached hydrogens (primary N) is 1. The van der Waals surface area contributed by atoms with E-state index >= 15 is 0 Å². The van der Waals surface area contributed by atoms with Gasteiger partial charge in [0.2, 0.25) is 10.0 Å². The number of hydrogen-bond donors (Lipinski definition) is 2. The van der Waals surface area contributed by atoms with E-state index in [2.05, 4.69) is 15.0 Å². The van der Waals surface area contributed by atoms with Crippen molar-refractivity contribution in [2.24, 2.45) is 16.0 Å². The van der Waals surface area contributed by atoms with Crippen LogP contribution in [0.4, 0.5) is 17.1 Å². The van der Waals surface area contributed by atoms with E-state index in [1.165, 1.54) is 0 Å². The molecule has 8 heteroatoms. The lowest BCUT2D eigenvalue weighted by atomic mass is 10.2. The molecule has 28 heavy (non-hydrogen) atoms. The first-order chi connectivity index (χ1) is 13.4. The number of nitrogens with one attached hydrogen (secondary N) is 1. The lowest BCUT2D eigenvalue weighted by Crippen LogP contribution is -2.24. The van der Waals surface area contributed by atoms with Gasteiger partial charge in [-0.25, -0.2) is 13.1 Å². The number of unbranched alkanes of at least 4 members (excludes halogenated alkanes) is 3. The molecule has 0 spiro atoms. The Morgan fingerprint density at radius 3 is 1.93 bits per heavy atom. The van der Waals surface area contributed by atoms with Crippen molar-refractivity contribution < 1.29 is 8.42 Å². The van der Waals surface area contributed by atoms with E-state index in [-0.39, 0.29) is 4.90 Å². The lowest BCUT2D eigenvalue weighted by molar-refractivity contribution is 0.572. The molecule has 0 amide bonds. The quantitative estimate of drug-likeness (QED) is 0.438. The van der Waals surface area contributed by atoms with Crippen LogP contribution in [0.1, 0.15) is 25.7 Å². The molecule has 0 radical (unpaired) electrons. The standard InChI is InChI=1S/C20H29N5O2S/c1-25(2)19-11-7-17(8-12-19)23-24-18-9-13-20(14-10-18)28(26,27)22-16-6-4-3-5-15-21/h7-14,22H,3-6,15-16,21H2,1-2H3. The molecule has 0 bridgehead atoms. The Morgan fingerprint density at radius 2 is 1.39 bits per heavy atom. The molecule has 3 N–H and O–H groups in total. The Labute approximate surface area is 167 Å². The van der Waals surface area contributed by atoms with Gasteiger partial charge in [-0.3, -0.25) is 0 Å². The summed E-state index contributed by atoms with van der Waals surface area (Å²) < 4.78 is 27.2. The predicted octanol–water partition coefficient (Wildman–Crippen LogP) is 3.97. The van der Waals surface area contributed by atoms with Crippen LogP contribution in [0.15, 0.2) is 63.7 Å². The first-order valence-electron chi connectivity index (χ1n) is 9.41. The van der Waals surface area contributed by atoms with E-state index < -0.39 is 10.0 Å². The van der Waals surface area contributed by atoms with Crippen molar-refractivity contribution in [1.29, 1.82) is 0 Å². The largest absolute Gasteiger partial charge is 0.378 e. The summed E-state index contributed by atoms with van der Waals surface area (Å²) in [6, 6.07) is 14.1. The molecule has 0 aliphatic carbocycles. The Hall–Kier alpha value is -2.29. The number of nitrogens with zero attached hydrogens (tertiary/aromatic N) is 3. The van der Waals surface area contributed by atoms with Gasteiger partial charge >= 0.3 is 0 Å². The van der Waals surface area contributed by atoms with Gasteiger partial charge in [-0.15, -0.1) is 0 Å². The summed E-state index contributed by atoms with van der Waals surface area (Å²) in [6.45, 7) is 1.11. The zero-order chi connectivity index (χ0) is 20.4. The maximum atomic E-state index is 12.3. The summed E-state index contributed by atoms with van der Waals surface area (Å²) in [5.41, 5.74) is 7.86. The van der Waals surface area contributed by atoms with Crippen molar-refractivity contribution in [3.63, 3.8) is 0 Å². The van der Waals surface area contributed by atoms with Crippen LogP contribution >= 0.6 is 0 Å². The topological polar surface area (TPSA) is 100 Å². The molecule has 0 saturated heterocycles. The number of azo groups is 1. The van der Waals surface area contributed by atoms with E-state index in [1.54, 1.807) is 24.3 Å². The van der Waals surface area contributed by atoms with Crippen LogP contribution in [0.5, 0.6) is 0 Å². The smallest absolute Gasteiger partial charge is 0.240 e. The van der Waals surface area contributed by atoms with Crippen LogP contribution < -0.4 is 15.4 Å². The Kier molecular flexibility index (Phi) is 8.56. The van der Waals surface area contributed by atoms with Crippen molar-refractivity contribution in [2.45, 2.75) is 30.6 Å². The highest BCUT2D eigenvalue weighted by Crippen LogP contribution is 2.22. The molecule has 0 aliphatic heterocycles. The van der Waals surface area contributed by atoms with Gasteiger partial charge in [-0.1, -0.05) is 12.8 Å². The van der Waals surface area contributed by atoms with Gasteiger partial charge in [0, 0.05) is 26.3 Å². The highest BCUT2D eigenvalue weighted by Gasteiger charge is 2.12. The summed E-state index contributed by atoms with van der Waals surface area (Å²) in [5, 5.41) is 8.35. The molecule has 0 atom stereocenters. The highest BCUT2D eigenvalue weighted by molar-refractivity contribution is 7.89. The summed E-state index contributed by atoms with van der Waals surface area (Å²) in [4.78, 5) is 2.23. The molecule has 0 heterocycles. The van der Waals surface area contributed by atoms with Gasteiger partial charge in [0.1, 0.15) is 0 Å². The molecule has 2 aromatic carbocycles. The minimum Gasteiger partial charge on any atom is -0.378 e. The molecule has 2 aromatic rings. The van der Waals surface area contributed by atoms with E-state index in [0.29, 0.717) is 18.8 Å². The second-order valence-corrected chi connectivity index (χ2v) is 8.47. The van der Waals surface area contributed by atoms with Crippen LogP contribution in [-0.2, 0) is 10.0 Å². The van der Waals surface area contributed by atoms with Crippen molar-refractivity contribution in [3.8, 4) is 0 Å². The Bertz CT molecular complexity index is 847. The second-order valence-electron chi connectivity index (χ2n) is 6.71. The molecule has 152 valence electrons. The SMILES string of the molecule is CN(C)c1ccc(N=Nc2ccc(S(=O)(=O)NCCCCCCN)cc2)cc1. The van der Waals surface area contributed by atoms with Crippen LogP contribution in [0.2, 0.25) is 0 Å². The zero-order valence-corrected chi connectivity index (χ0v) is 17.3. The van der Waals surface area contributed by atoms with E-state index in [1.807, 2.05) is 43.3 Å². The first kappa shape index (κ1) is 22.0. The Balaban J connectivity index is 1.91. The maximum absolute atomic E-state index is 12.3. The summed E-state index contributed by atoms with van der Waals surface area (Å²) in [5.74, 6) is 0. The monoisotopic (exact) mass is 403 g/mol. The number of anilines is 1. The summed E-state index contributed by atoms with van der Waals surface area (Å²) >= 11 is 0. The fourth-order valence-electron chi connectivity index (χ4n) is 2.54. The van der Waals surface area contributed by atoms with Crippen LogP contribution in [0.3, 0.4) is 0 Å². The third kappa shape index (κ3) is 7.03. The molecular weight excluding hydrogens is 374 g/mol. The third-order valence-corrected chi connectivity index (χ3v) is 5.69. The average Bonchev–Trinajstić information content (AvgIpc) is 2.69. The van der Waals surface area contributed by atoms with Gasteiger partial charge in [-0.05, 0) is 67.9 Å². The van der Waals surface area contributed by atoms with Gasteiger partial charge in [0.05, 0.1) is 16.3 Å². The minimum absolute atomic E-state index is 0.226. The van der Waals surface area contributed by atoms with Crippen molar-refractivity contribution in [1.82, 2.24) is 4.72 Å². The fourth-order valence-corrected chi connectivity index (χ4v) is 3.61. The van der Waals surface area contributed by atoms with Gasteiger partial charge in [0.25, 0.3) is 0 Å². The molecule has 2 rings (SSSR count). The Morgan fingerprint density at radius 1 is 0.857 bits per heavy atom. The first-order valence-corrected chi connectivity index (χ1v) is 10.9. The predicted molar refractivity (Wildman–Crippen MR) is 114 cm³/mol. The number of sulfonamides is 1. The van der Waals surface area contributed by atoms with Crippen molar-refractivity contribution >= 4 is 27.1 Å². The normalized spacial score (nSPS) is 11.8. The maximum Gasteiger partial charge on any atom is 0.240 e. The van der Waals surface area contributed by atoms with E-state index in [0.717, 1.165) is 37.1 Å². The number of rotatable bonds is 11. The zero-order valence-electron chi connectivity index (χ0n) is 16.5. The lowest BCUT2D eigenvalue weighted by Gasteiger charge is -2.11. The number of benzene rings is 2. The average molecular weight is 404 g/mol. The molecule has 0 saturated carbocycles. The van der Waals surface area contributed by atoms with Gasteiger partial charge in [0.15, 0.2) is 0 Å². The molecule has 0 aliphatic rings. The van der Waals surface area contributed by atoms with Crippen molar-refractivity contribution in [2.75, 3.05) is 32.1 Å². The summed E-state index contributed by atoms with van der Waals surface area (Å²) in [6.07, 6.45) is 3.77. The van der Waals surface area contributed by atoms with Gasteiger partial charge in [-0.2, -0.15) is 10.2 Å². The van der Waals surface area contributed by atoms with E-state index in [4.69, 9.17) is 5.73 Å². The third-order valence-electron chi connectivity index (χ3n) is 4.22. The summed E-state index contributed by atoms with van der Waals surface area (Å²) in [7, 11) is 0.449. The van der Waals surface area contributed by atoms with Crippen LogP contribution in [0.25, 0.3) is 0 Å². The molecule has 0 unspecified atom stereocenters. The molecule has 0 aromatic heterocycles. The second kappa shape index (κ2) is 10.9. The molecule has 7 nitrogen and oxygen atoms in total. The van der Waals surface area contributed by atoms with Crippen LogP contribution in [-0.4, -0.2) is 35.6 Å². The highest BCUT2D eigenvalue weighted by atomic mass is 32.2. The fraction of sp³-hybridized carbons (Fsp3) is 0.400. The van der Waals surface area contributed by atoms with Gasteiger partial charge < -0.3 is 10.6 Å². The minimum atomic E-state index is -3.50. The molecule has 0 fully saturated rings. The van der Waals surface area contributed by atoms with E-state index in [9.17, 15) is 8.42 Å².